The molecule has 0 spiro atoms. The fraction of sp³-hybridized carbons (Fsp3) is 0.273. The zero-order chi connectivity index (χ0) is 24.3. The van der Waals surface area contributed by atoms with Crippen molar-refractivity contribution < 1.29 is 30.9 Å². The first kappa shape index (κ1) is 21.9. The van der Waals surface area contributed by atoms with E-state index in [4.69, 9.17) is 11.1 Å². The summed E-state index contributed by atoms with van der Waals surface area (Å²) in [6.45, 7) is 7.07. The van der Waals surface area contributed by atoms with Crippen molar-refractivity contribution in [1.29, 1.82) is 0 Å². The third kappa shape index (κ3) is 3.87. The maximum Gasteiger partial charge on any atom is 0.433 e. The van der Waals surface area contributed by atoms with Gasteiger partial charge in [-0.2, -0.15) is 31.3 Å². The zero-order valence-electron chi connectivity index (χ0n) is 17.1. The summed E-state index contributed by atoms with van der Waals surface area (Å²) in [6.07, 6.45) is -6.78. The molecule has 1 aliphatic carbocycles. The Labute approximate surface area is 187 Å². The van der Waals surface area contributed by atoms with Crippen LogP contribution in [0.5, 0.6) is 0 Å². The molecular formula is C22H13F6N5O. The highest BCUT2D eigenvalue weighted by atomic mass is 19.4. The maximum absolute atomic E-state index is 13.8. The van der Waals surface area contributed by atoms with Gasteiger partial charge in [0.25, 0.3) is 5.89 Å². The first-order chi connectivity index (χ1) is 16.1. The van der Waals surface area contributed by atoms with Crippen LogP contribution < -0.4 is 0 Å². The van der Waals surface area contributed by atoms with Gasteiger partial charge in [-0.25, -0.2) is 4.85 Å². The lowest BCUT2D eigenvalue weighted by atomic mass is 10.1. The Bertz CT molecular complexity index is 1440. The van der Waals surface area contributed by atoms with E-state index in [0.29, 0.717) is 5.69 Å². The van der Waals surface area contributed by atoms with E-state index in [-0.39, 0.29) is 40.6 Å². The standard InChI is InChI=1S/C22H13F6N5O/c1-29-14-4-5-15-13(19(14)22(26,27)28)9-16(11-2-3-11)33(15)10-18-31-20(34-32-18)12-6-7-30-17(8-12)21(23,24)25/h4-9,11H,2-3,10H2. The monoisotopic (exact) mass is 477 g/mol. The lowest BCUT2D eigenvalue weighted by Gasteiger charge is -2.12. The van der Waals surface area contributed by atoms with Gasteiger partial charge in [-0.3, -0.25) is 4.98 Å². The van der Waals surface area contributed by atoms with Crippen molar-refractivity contribution in [2.24, 2.45) is 0 Å². The number of alkyl halides is 6. The molecule has 4 aromatic rings. The van der Waals surface area contributed by atoms with Crippen LogP contribution in [0.2, 0.25) is 0 Å². The predicted molar refractivity (Wildman–Crippen MR) is 107 cm³/mol. The van der Waals surface area contributed by atoms with E-state index in [9.17, 15) is 26.3 Å². The molecule has 0 aliphatic heterocycles. The van der Waals surface area contributed by atoms with E-state index in [1.54, 1.807) is 4.57 Å². The van der Waals surface area contributed by atoms with Crippen LogP contribution in [0.4, 0.5) is 32.0 Å². The van der Waals surface area contributed by atoms with Gasteiger partial charge in [0, 0.05) is 28.4 Å². The Morgan fingerprint density at radius 3 is 2.47 bits per heavy atom. The van der Waals surface area contributed by atoms with Crippen molar-refractivity contribution in [2.45, 2.75) is 37.7 Å². The van der Waals surface area contributed by atoms with E-state index in [0.717, 1.165) is 31.2 Å². The second-order valence-electron chi connectivity index (χ2n) is 7.87. The summed E-state index contributed by atoms with van der Waals surface area (Å²) in [5.41, 5.74) is -1.67. The topological polar surface area (TPSA) is 61.1 Å². The van der Waals surface area contributed by atoms with Crippen molar-refractivity contribution in [3.05, 3.63) is 70.7 Å². The number of rotatable bonds is 4. The average molecular weight is 477 g/mol. The molecule has 6 nitrogen and oxygen atoms in total. The van der Waals surface area contributed by atoms with Crippen LogP contribution in [-0.2, 0) is 18.9 Å². The number of halogens is 6. The SMILES string of the molecule is [C-]#[N+]c1ccc2c(cc(C3CC3)n2Cc2noc(-c3ccnc(C(F)(F)F)c3)n2)c1C(F)(F)F. The summed E-state index contributed by atoms with van der Waals surface area (Å²) >= 11 is 0. The quantitative estimate of drug-likeness (QED) is 0.245. The fourth-order valence-electron chi connectivity index (χ4n) is 3.92. The van der Waals surface area contributed by atoms with Crippen LogP contribution in [0.1, 0.15) is 41.5 Å². The van der Waals surface area contributed by atoms with Crippen LogP contribution in [-0.4, -0.2) is 19.7 Å². The molecule has 0 N–H and O–H groups in total. The molecule has 0 bridgehead atoms. The third-order valence-electron chi connectivity index (χ3n) is 5.56. The van der Waals surface area contributed by atoms with Crippen LogP contribution in [0.25, 0.3) is 27.2 Å². The van der Waals surface area contributed by atoms with Crippen molar-refractivity contribution in [3.8, 4) is 11.5 Å². The summed E-state index contributed by atoms with van der Waals surface area (Å²) in [4.78, 5) is 10.5. The summed E-state index contributed by atoms with van der Waals surface area (Å²) in [5.74, 6) is -0.0213. The van der Waals surface area contributed by atoms with Gasteiger partial charge in [-0.15, -0.1) is 0 Å². The Balaban J connectivity index is 1.56. The molecule has 5 rings (SSSR count). The molecule has 0 amide bonds. The average Bonchev–Trinajstić information content (AvgIpc) is 3.41. The van der Waals surface area contributed by atoms with Crippen molar-refractivity contribution >= 4 is 16.6 Å². The Hall–Kier alpha value is -3.88. The minimum atomic E-state index is -4.72. The highest BCUT2D eigenvalue weighted by molar-refractivity contribution is 5.90. The Morgan fingerprint density at radius 1 is 1.06 bits per heavy atom. The highest BCUT2D eigenvalue weighted by Crippen LogP contribution is 2.47. The largest absolute Gasteiger partial charge is 0.433 e. The first-order valence-corrected chi connectivity index (χ1v) is 10.0. The number of pyridine rings is 1. The summed E-state index contributed by atoms with van der Waals surface area (Å²) in [7, 11) is 0. The summed E-state index contributed by atoms with van der Waals surface area (Å²) in [6, 6.07) is 6.09. The zero-order valence-corrected chi connectivity index (χ0v) is 17.1. The lowest BCUT2D eigenvalue weighted by molar-refractivity contribution is -0.141. The minimum Gasteiger partial charge on any atom is -0.337 e. The van der Waals surface area contributed by atoms with Crippen LogP contribution >= 0.6 is 0 Å². The van der Waals surface area contributed by atoms with E-state index in [1.165, 1.54) is 18.2 Å². The number of fused-ring (bicyclic) bond motifs is 1. The smallest absolute Gasteiger partial charge is 0.337 e. The molecule has 0 unspecified atom stereocenters. The van der Waals surface area contributed by atoms with Gasteiger partial charge in [0.15, 0.2) is 11.5 Å². The van der Waals surface area contributed by atoms with Crippen molar-refractivity contribution in [1.82, 2.24) is 19.7 Å². The number of hydrogen-bond donors (Lipinski definition) is 0. The molecule has 0 atom stereocenters. The van der Waals surface area contributed by atoms with Gasteiger partial charge in [-0.05, 0) is 43.0 Å². The molecule has 1 saturated carbocycles. The molecule has 12 heteroatoms. The molecular weight excluding hydrogens is 464 g/mol. The second kappa shape index (κ2) is 7.58. The maximum atomic E-state index is 13.8. The molecule has 3 aromatic heterocycles. The van der Waals surface area contributed by atoms with E-state index < -0.39 is 29.3 Å². The molecule has 34 heavy (non-hydrogen) atoms. The predicted octanol–water partition coefficient (Wildman–Crippen LogP) is 6.60. The molecule has 1 fully saturated rings. The normalized spacial score (nSPS) is 14.5. The van der Waals surface area contributed by atoms with Crippen LogP contribution in [0.15, 0.2) is 41.1 Å². The van der Waals surface area contributed by atoms with Gasteiger partial charge in [0.2, 0.25) is 0 Å². The van der Waals surface area contributed by atoms with E-state index in [2.05, 4.69) is 20.0 Å². The van der Waals surface area contributed by atoms with E-state index >= 15 is 0 Å². The third-order valence-corrected chi connectivity index (χ3v) is 5.56. The lowest BCUT2D eigenvalue weighted by Crippen LogP contribution is -2.07. The summed E-state index contributed by atoms with van der Waals surface area (Å²) < 4.78 is 87.0. The first-order valence-electron chi connectivity index (χ1n) is 10.0. The Kier molecular flexibility index (Phi) is 4.89. The van der Waals surface area contributed by atoms with E-state index in [1.807, 2.05) is 0 Å². The Morgan fingerprint density at radius 2 is 1.82 bits per heavy atom. The molecule has 1 aromatic carbocycles. The number of aromatic nitrogens is 4. The van der Waals surface area contributed by atoms with Crippen molar-refractivity contribution in [2.75, 3.05) is 0 Å². The minimum absolute atomic E-state index is 0.0157. The summed E-state index contributed by atoms with van der Waals surface area (Å²) in [5, 5.41) is 3.73. The molecule has 0 saturated heterocycles. The fourth-order valence-corrected chi connectivity index (χ4v) is 3.92. The number of nitrogens with zero attached hydrogens (tertiary/aromatic N) is 5. The second-order valence-corrected chi connectivity index (χ2v) is 7.87. The van der Waals surface area contributed by atoms with Gasteiger partial charge >= 0.3 is 12.4 Å². The molecule has 174 valence electrons. The van der Waals surface area contributed by atoms with Crippen LogP contribution in [0, 0.1) is 6.57 Å². The number of benzene rings is 1. The van der Waals surface area contributed by atoms with Gasteiger partial charge < -0.3 is 9.09 Å². The molecule has 0 radical (unpaired) electrons. The van der Waals surface area contributed by atoms with Crippen molar-refractivity contribution in [3.63, 3.8) is 0 Å². The van der Waals surface area contributed by atoms with Gasteiger partial charge in [0.1, 0.15) is 5.69 Å². The number of hydrogen-bond acceptors (Lipinski definition) is 4. The highest BCUT2D eigenvalue weighted by Gasteiger charge is 2.38. The van der Waals surface area contributed by atoms with Gasteiger partial charge in [0.05, 0.1) is 18.7 Å². The van der Waals surface area contributed by atoms with Gasteiger partial charge in [-0.1, -0.05) is 11.2 Å². The van der Waals surface area contributed by atoms with Crippen LogP contribution in [0.3, 0.4) is 0 Å². The molecule has 3 heterocycles. The molecule has 1 aliphatic rings.